The fourth-order valence-electron chi connectivity index (χ4n) is 3.05. The van der Waals surface area contributed by atoms with Crippen molar-refractivity contribution in [2.24, 2.45) is 13.0 Å². The van der Waals surface area contributed by atoms with Crippen LogP contribution < -0.4 is 0 Å². The number of pyridine rings is 1. The van der Waals surface area contributed by atoms with Gasteiger partial charge in [0.05, 0.1) is 5.56 Å². The summed E-state index contributed by atoms with van der Waals surface area (Å²) < 4.78 is 1.61. The molecule has 0 aliphatic carbocycles. The molecular weight excluding hydrogens is 292 g/mol. The van der Waals surface area contributed by atoms with Crippen LogP contribution in [0.5, 0.6) is 0 Å². The number of aryl methyl sites for hydroxylation is 2. The van der Waals surface area contributed by atoms with Gasteiger partial charge in [0.25, 0.3) is 5.91 Å². The molecule has 1 saturated heterocycles. The lowest BCUT2D eigenvalue weighted by Crippen LogP contribution is -2.40. The van der Waals surface area contributed by atoms with E-state index in [0.29, 0.717) is 37.2 Å². The predicted octanol–water partition coefficient (Wildman–Crippen LogP) is 1.86. The topological polar surface area (TPSA) is 68.1 Å². The van der Waals surface area contributed by atoms with Crippen LogP contribution in [0.25, 0.3) is 0 Å². The fraction of sp³-hybridized carbons (Fsp3) is 0.412. The molecule has 0 unspecified atom stereocenters. The van der Waals surface area contributed by atoms with Crippen molar-refractivity contribution in [3.63, 3.8) is 0 Å². The average molecular weight is 312 g/mol. The molecule has 1 aliphatic rings. The maximum atomic E-state index is 12.6. The van der Waals surface area contributed by atoms with Gasteiger partial charge in [0.15, 0.2) is 5.78 Å². The Morgan fingerprint density at radius 2 is 1.91 bits per heavy atom. The molecule has 6 nitrogen and oxygen atoms in total. The quantitative estimate of drug-likeness (QED) is 0.811. The Morgan fingerprint density at radius 3 is 2.52 bits per heavy atom. The van der Waals surface area contributed by atoms with Gasteiger partial charge in [-0.2, -0.15) is 5.10 Å². The minimum atomic E-state index is -0.0376. The number of amides is 1. The van der Waals surface area contributed by atoms with Crippen molar-refractivity contribution in [3.8, 4) is 0 Å². The van der Waals surface area contributed by atoms with E-state index >= 15 is 0 Å². The molecule has 1 fully saturated rings. The lowest BCUT2D eigenvalue weighted by Gasteiger charge is -2.31. The van der Waals surface area contributed by atoms with Crippen molar-refractivity contribution >= 4 is 11.7 Å². The lowest BCUT2D eigenvalue weighted by atomic mass is 9.90. The van der Waals surface area contributed by atoms with Crippen LogP contribution in [0.15, 0.2) is 30.6 Å². The molecule has 120 valence electrons. The standard InChI is InChI=1S/C17H20N4O2/c1-12-14(4-3-8-18-12)17(23)21-10-6-13(7-11-21)16(22)15-5-9-19-20(15)2/h3-5,8-9,13H,6-7,10-11H2,1-2H3. The largest absolute Gasteiger partial charge is 0.339 e. The summed E-state index contributed by atoms with van der Waals surface area (Å²) in [4.78, 5) is 31.1. The fourth-order valence-corrected chi connectivity index (χ4v) is 3.05. The lowest BCUT2D eigenvalue weighted by molar-refractivity contribution is 0.0646. The Balaban J connectivity index is 1.65. The Kier molecular flexibility index (Phi) is 4.23. The summed E-state index contributed by atoms with van der Waals surface area (Å²) in [5.74, 6) is 0.0844. The first kappa shape index (κ1) is 15.4. The van der Waals surface area contributed by atoms with Crippen LogP contribution in [0.2, 0.25) is 0 Å². The van der Waals surface area contributed by atoms with E-state index in [2.05, 4.69) is 10.1 Å². The predicted molar refractivity (Wildman–Crippen MR) is 85.1 cm³/mol. The number of likely N-dealkylation sites (tertiary alicyclic amines) is 1. The smallest absolute Gasteiger partial charge is 0.255 e. The van der Waals surface area contributed by atoms with Gasteiger partial charge in [0.2, 0.25) is 0 Å². The summed E-state index contributed by atoms with van der Waals surface area (Å²) in [6.07, 6.45) is 4.70. The number of aromatic nitrogens is 3. The highest BCUT2D eigenvalue weighted by atomic mass is 16.2. The monoisotopic (exact) mass is 312 g/mol. The molecule has 0 bridgehead atoms. The Bertz CT molecular complexity index is 730. The molecule has 0 atom stereocenters. The molecule has 3 heterocycles. The highest BCUT2D eigenvalue weighted by Gasteiger charge is 2.29. The molecule has 6 heteroatoms. The van der Waals surface area contributed by atoms with E-state index in [9.17, 15) is 9.59 Å². The third-order valence-electron chi connectivity index (χ3n) is 4.46. The first-order valence-corrected chi connectivity index (χ1v) is 7.81. The van der Waals surface area contributed by atoms with E-state index < -0.39 is 0 Å². The zero-order valence-corrected chi connectivity index (χ0v) is 13.4. The maximum absolute atomic E-state index is 12.6. The number of carbonyl (C=O) groups is 2. The number of hydrogen-bond acceptors (Lipinski definition) is 4. The number of carbonyl (C=O) groups excluding carboxylic acids is 2. The van der Waals surface area contributed by atoms with Crippen molar-refractivity contribution in [2.45, 2.75) is 19.8 Å². The summed E-state index contributed by atoms with van der Waals surface area (Å²) in [5, 5.41) is 4.05. The second kappa shape index (κ2) is 6.32. The van der Waals surface area contributed by atoms with Gasteiger partial charge >= 0.3 is 0 Å². The first-order valence-electron chi connectivity index (χ1n) is 7.81. The van der Waals surface area contributed by atoms with Gasteiger partial charge in [0, 0.05) is 44.1 Å². The molecule has 0 radical (unpaired) electrons. The average Bonchev–Trinajstić information content (AvgIpc) is 3.00. The Labute approximate surface area is 135 Å². The van der Waals surface area contributed by atoms with Crippen molar-refractivity contribution in [2.75, 3.05) is 13.1 Å². The molecule has 2 aromatic heterocycles. The molecule has 1 aliphatic heterocycles. The van der Waals surface area contributed by atoms with E-state index in [1.807, 2.05) is 11.8 Å². The van der Waals surface area contributed by atoms with E-state index in [1.54, 1.807) is 42.3 Å². The summed E-state index contributed by atoms with van der Waals surface area (Å²) in [6, 6.07) is 5.33. The van der Waals surface area contributed by atoms with E-state index in [0.717, 1.165) is 5.69 Å². The molecule has 0 aromatic carbocycles. The molecule has 0 spiro atoms. The zero-order chi connectivity index (χ0) is 16.4. The van der Waals surface area contributed by atoms with Crippen LogP contribution in [-0.4, -0.2) is 44.4 Å². The van der Waals surface area contributed by atoms with Gasteiger partial charge in [-0.15, -0.1) is 0 Å². The first-order chi connectivity index (χ1) is 11.1. The molecule has 1 amide bonds. The third kappa shape index (κ3) is 3.02. The van der Waals surface area contributed by atoms with Crippen LogP contribution in [0.3, 0.4) is 0 Å². The van der Waals surface area contributed by atoms with Gasteiger partial charge in [-0.3, -0.25) is 19.3 Å². The molecular formula is C17H20N4O2. The summed E-state index contributed by atoms with van der Waals surface area (Å²) >= 11 is 0. The number of ketones is 1. The van der Waals surface area contributed by atoms with Crippen molar-refractivity contribution in [1.82, 2.24) is 19.7 Å². The van der Waals surface area contributed by atoms with E-state index in [-0.39, 0.29) is 17.6 Å². The SMILES string of the molecule is Cc1ncccc1C(=O)N1CCC(C(=O)c2ccnn2C)CC1. The normalized spacial score (nSPS) is 15.7. The Hall–Kier alpha value is -2.50. The number of Topliss-reactive ketones (excluding diaryl/α,β-unsaturated/α-hetero) is 1. The van der Waals surface area contributed by atoms with Crippen LogP contribution in [-0.2, 0) is 7.05 Å². The minimum absolute atomic E-state index is 0.00188. The van der Waals surface area contributed by atoms with E-state index in [1.165, 1.54) is 0 Å². The molecule has 23 heavy (non-hydrogen) atoms. The van der Waals surface area contributed by atoms with Crippen LogP contribution in [0.1, 0.15) is 39.4 Å². The van der Waals surface area contributed by atoms with Crippen molar-refractivity contribution in [1.29, 1.82) is 0 Å². The van der Waals surface area contributed by atoms with Crippen LogP contribution >= 0.6 is 0 Å². The summed E-state index contributed by atoms with van der Waals surface area (Å²) in [6.45, 7) is 3.04. The molecule has 2 aromatic rings. The highest BCUT2D eigenvalue weighted by molar-refractivity contribution is 5.97. The summed E-state index contributed by atoms with van der Waals surface area (Å²) in [5.41, 5.74) is 2.02. The zero-order valence-electron chi connectivity index (χ0n) is 13.4. The second-order valence-electron chi connectivity index (χ2n) is 5.91. The van der Waals surface area contributed by atoms with Gasteiger partial charge in [0.1, 0.15) is 5.69 Å². The minimum Gasteiger partial charge on any atom is -0.339 e. The molecule has 3 rings (SSSR count). The van der Waals surface area contributed by atoms with E-state index in [4.69, 9.17) is 0 Å². The van der Waals surface area contributed by atoms with Gasteiger partial charge in [-0.25, -0.2) is 0 Å². The number of hydrogen-bond donors (Lipinski definition) is 0. The number of nitrogens with zero attached hydrogens (tertiary/aromatic N) is 4. The molecule has 0 N–H and O–H groups in total. The van der Waals surface area contributed by atoms with Crippen LogP contribution in [0, 0.1) is 12.8 Å². The maximum Gasteiger partial charge on any atom is 0.255 e. The highest BCUT2D eigenvalue weighted by Crippen LogP contribution is 2.23. The van der Waals surface area contributed by atoms with Gasteiger partial charge in [-0.05, 0) is 38.0 Å². The van der Waals surface area contributed by atoms with Crippen molar-refractivity contribution in [3.05, 3.63) is 47.5 Å². The third-order valence-corrected chi connectivity index (χ3v) is 4.46. The second-order valence-corrected chi connectivity index (χ2v) is 5.91. The molecule has 0 saturated carbocycles. The van der Waals surface area contributed by atoms with Crippen molar-refractivity contribution < 1.29 is 9.59 Å². The number of piperidine rings is 1. The summed E-state index contributed by atoms with van der Waals surface area (Å²) in [7, 11) is 1.77. The van der Waals surface area contributed by atoms with Gasteiger partial charge in [-0.1, -0.05) is 0 Å². The van der Waals surface area contributed by atoms with Gasteiger partial charge < -0.3 is 4.90 Å². The Morgan fingerprint density at radius 1 is 1.17 bits per heavy atom. The number of rotatable bonds is 3. The van der Waals surface area contributed by atoms with Crippen LogP contribution in [0.4, 0.5) is 0 Å².